The summed E-state index contributed by atoms with van der Waals surface area (Å²) < 4.78 is 0. The molecule has 1 N–H and O–H groups in total. The molecule has 20 heavy (non-hydrogen) atoms. The first kappa shape index (κ1) is 14.8. The van der Waals surface area contributed by atoms with Gasteiger partial charge in [-0.15, -0.1) is 11.6 Å². The second-order valence-corrected chi connectivity index (χ2v) is 5.48. The molecule has 0 fully saturated rings. The van der Waals surface area contributed by atoms with E-state index in [2.05, 4.69) is 41.3 Å². The molecule has 2 rings (SSSR count). The maximum absolute atomic E-state index is 6.08. The Labute approximate surface area is 125 Å². The van der Waals surface area contributed by atoms with Gasteiger partial charge in [-0.25, -0.2) is 9.97 Å². The first-order valence-electron chi connectivity index (χ1n) is 6.83. The highest BCUT2D eigenvalue weighted by Crippen LogP contribution is 2.20. The molecule has 0 aliphatic rings. The molecule has 4 heteroatoms. The first-order valence-corrected chi connectivity index (χ1v) is 7.36. The topological polar surface area (TPSA) is 37.8 Å². The predicted octanol–water partition coefficient (Wildman–Crippen LogP) is 4.30. The minimum atomic E-state index is 0.0136. The van der Waals surface area contributed by atoms with Crippen molar-refractivity contribution in [3.8, 4) is 0 Å². The summed E-state index contributed by atoms with van der Waals surface area (Å²) in [5, 5.41) is 3.33. The van der Waals surface area contributed by atoms with Crippen LogP contribution in [0.2, 0.25) is 0 Å². The summed E-state index contributed by atoms with van der Waals surface area (Å²) in [6, 6.07) is 12.2. The zero-order valence-corrected chi connectivity index (χ0v) is 12.9. The van der Waals surface area contributed by atoms with Crippen molar-refractivity contribution >= 4 is 17.5 Å². The molecule has 1 aromatic carbocycles. The Balaban J connectivity index is 2.24. The molecule has 1 unspecified atom stereocenters. The molecule has 1 heterocycles. The van der Waals surface area contributed by atoms with Gasteiger partial charge in [-0.1, -0.05) is 44.2 Å². The van der Waals surface area contributed by atoms with Crippen molar-refractivity contribution in [1.29, 1.82) is 0 Å². The van der Waals surface area contributed by atoms with E-state index in [1.807, 2.05) is 31.2 Å². The summed E-state index contributed by atoms with van der Waals surface area (Å²) in [6.07, 6.45) is 0. The molecule has 106 valence electrons. The molecule has 0 spiro atoms. The lowest BCUT2D eigenvalue weighted by Crippen LogP contribution is -2.15. The van der Waals surface area contributed by atoms with Crippen LogP contribution in [0.15, 0.2) is 36.4 Å². The summed E-state index contributed by atoms with van der Waals surface area (Å²) in [7, 11) is 0. The number of anilines is 1. The lowest BCUT2D eigenvalue weighted by atomic mass is 10.1. The third-order valence-electron chi connectivity index (χ3n) is 3.13. The van der Waals surface area contributed by atoms with Gasteiger partial charge < -0.3 is 5.32 Å². The largest absolute Gasteiger partial charge is 0.346 e. The number of nitrogens with zero attached hydrogens (tertiary/aromatic N) is 2. The van der Waals surface area contributed by atoms with E-state index in [1.165, 1.54) is 0 Å². The third kappa shape index (κ3) is 3.70. The molecule has 0 saturated carbocycles. The molecule has 0 radical (unpaired) electrons. The second kappa shape index (κ2) is 6.71. The molecule has 3 nitrogen and oxygen atoms in total. The maximum atomic E-state index is 6.08. The van der Waals surface area contributed by atoms with E-state index < -0.39 is 0 Å². The van der Waals surface area contributed by atoms with E-state index in [-0.39, 0.29) is 6.04 Å². The summed E-state index contributed by atoms with van der Waals surface area (Å²) in [6.45, 7) is 6.24. The number of benzene rings is 1. The molecule has 0 aliphatic heterocycles. The molecule has 0 bridgehead atoms. The van der Waals surface area contributed by atoms with Crippen LogP contribution in [0.3, 0.4) is 0 Å². The van der Waals surface area contributed by atoms with E-state index in [9.17, 15) is 0 Å². The Morgan fingerprint density at radius 2 is 1.85 bits per heavy atom. The van der Waals surface area contributed by atoms with Crippen LogP contribution >= 0.6 is 11.6 Å². The number of aromatic nitrogens is 2. The molecule has 1 atom stereocenters. The van der Waals surface area contributed by atoms with Crippen LogP contribution in [0.4, 0.5) is 5.95 Å². The van der Waals surface area contributed by atoms with E-state index in [0.29, 0.717) is 17.7 Å². The lowest BCUT2D eigenvalue weighted by molar-refractivity contribution is 0.795. The smallest absolute Gasteiger partial charge is 0.223 e. The number of aryl methyl sites for hydroxylation is 1. The van der Waals surface area contributed by atoms with Crippen molar-refractivity contribution in [3.63, 3.8) is 0 Å². The highest BCUT2D eigenvalue weighted by Gasteiger charge is 2.13. The monoisotopic (exact) mass is 289 g/mol. The highest BCUT2D eigenvalue weighted by molar-refractivity contribution is 6.18. The molecular weight excluding hydrogens is 270 g/mol. The lowest BCUT2D eigenvalue weighted by Gasteiger charge is -2.17. The van der Waals surface area contributed by atoms with Crippen LogP contribution in [0.5, 0.6) is 0 Å². The predicted molar refractivity (Wildman–Crippen MR) is 84.4 cm³/mol. The number of rotatable bonds is 5. The normalized spacial score (nSPS) is 12.4. The minimum absolute atomic E-state index is 0.0136. The van der Waals surface area contributed by atoms with Crippen LogP contribution in [-0.2, 0) is 0 Å². The Morgan fingerprint density at radius 3 is 2.45 bits per heavy atom. The fourth-order valence-corrected chi connectivity index (χ4v) is 2.26. The average Bonchev–Trinajstić information content (AvgIpc) is 2.45. The summed E-state index contributed by atoms with van der Waals surface area (Å²) in [5.41, 5.74) is 3.15. The number of alkyl halides is 1. The van der Waals surface area contributed by atoms with Gasteiger partial charge in [-0.05, 0) is 24.5 Å². The Kier molecular flexibility index (Phi) is 4.96. The first-order chi connectivity index (χ1) is 9.60. The second-order valence-electron chi connectivity index (χ2n) is 5.17. The average molecular weight is 290 g/mol. The molecule has 0 saturated heterocycles. The molecule has 0 amide bonds. The van der Waals surface area contributed by atoms with Gasteiger partial charge >= 0.3 is 0 Å². The quantitative estimate of drug-likeness (QED) is 0.834. The number of hydrogen-bond donors (Lipinski definition) is 1. The van der Waals surface area contributed by atoms with Crippen molar-refractivity contribution in [3.05, 3.63) is 53.3 Å². The van der Waals surface area contributed by atoms with Gasteiger partial charge in [0.25, 0.3) is 0 Å². The van der Waals surface area contributed by atoms with Gasteiger partial charge in [-0.2, -0.15) is 0 Å². The minimum Gasteiger partial charge on any atom is -0.346 e. The van der Waals surface area contributed by atoms with E-state index in [1.54, 1.807) is 0 Å². The van der Waals surface area contributed by atoms with Gasteiger partial charge in [0.2, 0.25) is 5.95 Å². The Bertz CT molecular complexity index is 555. The maximum Gasteiger partial charge on any atom is 0.223 e. The molecular formula is C16H20ClN3. The van der Waals surface area contributed by atoms with Gasteiger partial charge in [-0.3, -0.25) is 0 Å². The zero-order valence-electron chi connectivity index (χ0n) is 12.1. The van der Waals surface area contributed by atoms with Crippen LogP contribution < -0.4 is 5.32 Å². The number of hydrogen-bond acceptors (Lipinski definition) is 3. The van der Waals surface area contributed by atoms with E-state index in [0.717, 1.165) is 17.0 Å². The van der Waals surface area contributed by atoms with Crippen molar-refractivity contribution in [1.82, 2.24) is 9.97 Å². The highest BCUT2D eigenvalue weighted by atomic mass is 35.5. The van der Waals surface area contributed by atoms with Gasteiger partial charge in [0.15, 0.2) is 0 Å². The molecule has 2 aromatic rings. The Morgan fingerprint density at radius 1 is 1.15 bits per heavy atom. The van der Waals surface area contributed by atoms with Crippen LogP contribution in [0, 0.1) is 6.92 Å². The summed E-state index contributed by atoms with van der Waals surface area (Å²) in [5.74, 6) is 1.49. The van der Waals surface area contributed by atoms with Crippen LogP contribution in [-0.4, -0.2) is 15.8 Å². The van der Waals surface area contributed by atoms with Gasteiger partial charge in [0.1, 0.15) is 0 Å². The van der Waals surface area contributed by atoms with Crippen molar-refractivity contribution in [2.75, 3.05) is 11.2 Å². The summed E-state index contributed by atoms with van der Waals surface area (Å²) >= 11 is 6.08. The number of halogens is 1. The van der Waals surface area contributed by atoms with Crippen LogP contribution in [0.1, 0.15) is 42.8 Å². The molecule has 0 aliphatic carbocycles. The fraction of sp³-hybridized carbons (Fsp3) is 0.375. The van der Waals surface area contributed by atoms with Gasteiger partial charge in [0, 0.05) is 17.3 Å². The standard InChI is InChI=1S/C16H20ClN3/c1-11(2)14-9-12(3)18-16(19-14)20-15(10-17)13-7-5-4-6-8-13/h4-9,11,15H,10H2,1-3H3,(H,18,19,20). The van der Waals surface area contributed by atoms with Crippen molar-refractivity contribution in [2.24, 2.45) is 0 Å². The van der Waals surface area contributed by atoms with Crippen LogP contribution in [0.25, 0.3) is 0 Å². The SMILES string of the molecule is Cc1cc(C(C)C)nc(NC(CCl)c2ccccc2)n1. The fourth-order valence-electron chi connectivity index (χ4n) is 2.01. The van der Waals surface area contributed by atoms with Gasteiger partial charge in [0.05, 0.1) is 6.04 Å². The van der Waals surface area contributed by atoms with Crippen molar-refractivity contribution < 1.29 is 0 Å². The zero-order chi connectivity index (χ0) is 14.5. The summed E-state index contributed by atoms with van der Waals surface area (Å²) in [4.78, 5) is 9.01. The van der Waals surface area contributed by atoms with Crippen molar-refractivity contribution in [2.45, 2.75) is 32.7 Å². The third-order valence-corrected chi connectivity index (χ3v) is 3.43. The molecule has 1 aromatic heterocycles. The Hall–Kier alpha value is -1.61. The van der Waals surface area contributed by atoms with E-state index >= 15 is 0 Å². The van der Waals surface area contributed by atoms with E-state index in [4.69, 9.17) is 11.6 Å². The number of nitrogens with one attached hydrogen (secondary N) is 1.